The molecule has 0 fully saturated rings. The number of fused-ring (bicyclic) bond motifs is 1. The molecule has 0 saturated carbocycles. The van der Waals surface area contributed by atoms with E-state index in [-0.39, 0.29) is 0 Å². The molecule has 88 valence electrons. The summed E-state index contributed by atoms with van der Waals surface area (Å²) in [6.45, 7) is 0. The Morgan fingerprint density at radius 1 is 0.889 bits per heavy atom. The van der Waals surface area contributed by atoms with Gasteiger partial charge in [0.05, 0.1) is 0 Å². The van der Waals surface area contributed by atoms with Crippen molar-refractivity contribution >= 4 is 26.8 Å². The molecule has 2 aromatic carbocycles. The monoisotopic (exact) mass is 299 g/mol. The van der Waals surface area contributed by atoms with Gasteiger partial charge in [0.15, 0.2) is 0 Å². The summed E-state index contributed by atoms with van der Waals surface area (Å²) in [6, 6.07) is 19.2. The molecule has 0 unspecified atom stereocenters. The van der Waals surface area contributed by atoms with E-state index in [0.29, 0.717) is 11.2 Å². The topological polar surface area (TPSA) is 26.9 Å². The van der Waals surface area contributed by atoms with E-state index in [1.54, 1.807) is 0 Å². The average molecular weight is 300 g/mol. The van der Waals surface area contributed by atoms with E-state index < -0.39 is 0 Å². The predicted octanol–water partition coefficient (Wildman–Crippen LogP) is 3.90. The third-order valence-corrected chi connectivity index (χ3v) is 3.41. The van der Waals surface area contributed by atoms with Gasteiger partial charge >= 0.3 is 0 Å². The van der Waals surface area contributed by atoms with E-state index in [1.165, 1.54) is 0 Å². The lowest BCUT2D eigenvalue weighted by Gasteiger charge is -2.07. The van der Waals surface area contributed by atoms with Gasteiger partial charge in [-0.15, -0.1) is 0 Å². The summed E-state index contributed by atoms with van der Waals surface area (Å²) < 4.78 is 1.96. The van der Waals surface area contributed by atoms with Crippen LogP contribution in [-0.4, -0.2) is 0 Å². The Bertz CT molecular complexity index is 710. The predicted molar refractivity (Wildman–Crippen MR) is 76.0 cm³/mol. The molecule has 18 heavy (non-hydrogen) atoms. The fraction of sp³-hybridized carbons (Fsp3) is 0. The third-order valence-electron chi connectivity index (χ3n) is 2.92. The van der Waals surface area contributed by atoms with Crippen molar-refractivity contribution < 1.29 is 4.73 Å². The Morgan fingerprint density at radius 3 is 2.44 bits per heavy atom. The highest BCUT2D eigenvalue weighted by atomic mass is 79.9. The zero-order chi connectivity index (χ0) is 12.5. The molecule has 0 spiro atoms. The molecule has 2 nitrogen and oxygen atoms in total. The smallest absolute Gasteiger partial charge is 0.224 e. The molecule has 0 saturated heterocycles. The average Bonchev–Trinajstić information content (AvgIpc) is 2.40. The SMILES string of the molecule is [O-][n+]1c(-c2ccccc2)ccc2cc(Br)ccc21. The zero-order valence-electron chi connectivity index (χ0n) is 9.51. The number of nitrogens with zero attached hydrogens (tertiary/aromatic N) is 1. The number of benzene rings is 2. The summed E-state index contributed by atoms with van der Waals surface area (Å²) in [5.41, 5.74) is 2.28. The van der Waals surface area contributed by atoms with Crippen LogP contribution in [0.25, 0.3) is 22.2 Å². The van der Waals surface area contributed by atoms with Crippen molar-refractivity contribution in [2.75, 3.05) is 0 Å². The van der Waals surface area contributed by atoms with Crippen LogP contribution in [0.1, 0.15) is 0 Å². The van der Waals surface area contributed by atoms with Crippen molar-refractivity contribution in [1.82, 2.24) is 0 Å². The maximum atomic E-state index is 12.3. The molecule has 0 aliphatic carbocycles. The van der Waals surface area contributed by atoms with Crippen LogP contribution in [0.5, 0.6) is 0 Å². The molecule has 0 aliphatic heterocycles. The van der Waals surface area contributed by atoms with Crippen LogP contribution in [0, 0.1) is 5.21 Å². The normalized spacial score (nSPS) is 10.7. The fourth-order valence-corrected chi connectivity index (χ4v) is 2.41. The van der Waals surface area contributed by atoms with E-state index in [0.717, 1.165) is 20.2 Å². The summed E-state index contributed by atoms with van der Waals surface area (Å²) in [5.74, 6) is 0. The standard InChI is InChI=1S/C15H10BrNO/c16-13-7-9-15-12(10-13)6-8-14(17(15)18)11-4-2-1-3-5-11/h1-10H. The first kappa shape index (κ1) is 11.2. The van der Waals surface area contributed by atoms with E-state index in [9.17, 15) is 5.21 Å². The van der Waals surface area contributed by atoms with Gasteiger partial charge in [-0.05, 0) is 30.3 Å². The highest BCUT2D eigenvalue weighted by Gasteiger charge is 2.12. The summed E-state index contributed by atoms with van der Waals surface area (Å²) >= 11 is 3.41. The van der Waals surface area contributed by atoms with Gasteiger partial charge in [-0.25, -0.2) is 0 Å². The second-order valence-electron chi connectivity index (χ2n) is 4.08. The summed E-state index contributed by atoms with van der Waals surface area (Å²) in [6.07, 6.45) is 0. The van der Waals surface area contributed by atoms with Gasteiger partial charge in [0.2, 0.25) is 11.2 Å². The number of aromatic nitrogens is 1. The van der Waals surface area contributed by atoms with Gasteiger partial charge < -0.3 is 5.21 Å². The van der Waals surface area contributed by atoms with Crippen LogP contribution in [0.4, 0.5) is 0 Å². The zero-order valence-corrected chi connectivity index (χ0v) is 11.1. The van der Waals surface area contributed by atoms with E-state index >= 15 is 0 Å². The maximum Gasteiger partial charge on any atom is 0.224 e. The van der Waals surface area contributed by atoms with Gasteiger partial charge in [0.25, 0.3) is 0 Å². The lowest BCUT2D eigenvalue weighted by molar-refractivity contribution is -0.565. The second kappa shape index (κ2) is 4.42. The molecule has 3 rings (SSSR count). The fourth-order valence-electron chi connectivity index (χ4n) is 2.03. The Hall–Kier alpha value is -1.87. The van der Waals surface area contributed by atoms with Crippen LogP contribution >= 0.6 is 15.9 Å². The van der Waals surface area contributed by atoms with Crippen LogP contribution in [0.3, 0.4) is 0 Å². The highest BCUT2D eigenvalue weighted by Crippen LogP contribution is 2.21. The molecule has 0 aliphatic rings. The molecule has 3 aromatic rings. The molecule has 0 amide bonds. The minimum Gasteiger partial charge on any atom is -0.618 e. The number of rotatable bonds is 1. The molecule has 0 radical (unpaired) electrons. The van der Waals surface area contributed by atoms with Crippen molar-refractivity contribution in [3.63, 3.8) is 0 Å². The van der Waals surface area contributed by atoms with Gasteiger partial charge in [-0.2, -0.15) is 4.73 Å². The molecule has 0 bridgehead atoms. The number of halogens is 1. The van der Waals surface area contributed by atoms with Crippen molar-refractivity contribution in [3.05, 3.63) is 70.3 Å². The first-order valence-corrected chi connectivity index (χ1v) is 6.42. The van der Waals surface area contributed by atoms with Crippen LogP contribution in [-0.2, 0) is 0 Å². The maximum absolute atomic E-state index is 12.3. The van der Waals surface area contributed by atoms with Gasteiger partial charge in [0.1, 0.15) is 0 Å². The minimum absolute atomic E-state index is 0.672. The van der Waals surface area contributed by atoms with Crippen molar-refractivity contribution in [2.24, 2.45) is 0 Å². The summed E-state index contributed by atoms with van der Waals surface area (Å²) in [7, 11) is 0. The van der Waals surface area contributed by atoms with Crippen molar-refractivity contribution in [1.29, 1.82) is 0 Å². The van der Waals surface area contributed by atoms with E-state index in [1.807, 2.05) is 60.7 Å². The molecule has 3 heteroatoms. The van der Waals surface area contributed by atoms with Crippen molar-refractivity contribution in [2.45, 2.75) is 0 Å². The van der Waals surface area contributed by atoms with E-state index in [2.05, 4.69) is 15.9 Å². The second-order valence-corrected chi connectivity index (χ2v) is 5.00. The molecule has 0 N–H and O–H groups in total. The lowest BCUT2D eigenvalue weighted by atomic mass is 10.1. The highest BCUT2D eigenvalue weighted by molar-refractivity contribution is 9.10. The Morgan fingerprint density at radius 2 is 1.67 bits per heavy atom. The number of hydrogen-bond acceptors (Lipinski definition) is 1. The lowest BCUT2D eigenvalue weighted by Crippen LogP contribution is -2.29. The third kappa shape index (κ3) is 1.87. The van der Waals surface area contributed by atoms with Crippen LogP contribution in [0.2, 0.25) is 0 Å². The number of hydrogen-bond donors (Lipinski definition) is 0. The Kier molecular flexibility index (Phi) is 2.76. The number of pyridine rings is 1. The first-order chi connectivity index (χ1) is 8.75. The van der Waals surface area contributed by atoms with Crippen LogP contribution < -0.4 is 4.73 Å². The Balaban J connectivity index is 2.27. The minimum atomic E-state index is 0.672. The van der Waals surface area contributed by atoms with Crippen molar-refractivity contribution in [3.8, 4) is 11.3 Å². The van der Waals surface area contributed by atoms with E-state index in [4.69, 9.17) is 0 Å². The van der Waals surface area contributed by atoms with Gasteiger partial charge in [0, 0.05) is 27.6 Å². The molecule has 1 aromatic heterocycles. The summed E-state index contributed by atoms with van der Waals surface area (Å²) in [5, 5.41) is 13.3. The molecule has 0 atom stereocenters. The molecule has 1 heterocycles. The summed E-state index contributed by atoms with van der Waals surface area (Å²) in [4.78, 5) is 0. The molecular weight excluding hydrogens is 290 g/mol. The quantitative estimate of drug-likeness (QED) is 0.494. The van der Waals surface area contributed by atoms with Gasteiger partial charge in [-0.1, -0.05) is 34.1 Å². The first-order valence-electron chi connectivity index (χ1n) is 5.63. The largest absolute Gasteiger partial charge is 0.618 e. The molecular formula is C15H10BrNO. The van der Waals surface area contributed by atoms with Gasteiger partial charge in [-0.3, -0.25) is 0 Å². The van der Waals surface area contributed by atoms with Crippen LogP contribution in [0.15, 0.2) is 65.1 Å². The Labute approximate surface area is 113 Å².